The molecule has 0 spiro atoms. The van der Waals surface area contributed by atoms with Gasteiger partial charge in [-0.1, -0.05) is 174 Å². The minimum Gasteiger partial charge on any atom is -0.462 e. The van der Waals surface area contributed by atoms with Gasteiger partial charge in [0.15, 0.2) is 0 Å². The minimum absolute atomic E-state index is 0.0763. The summed E-state index contributed by atoms with van der Waals surface area (Å²) in [6.07, 6.45) is 38.5. The number of rotatable bonds is 38. The van der Waals surface area contributed by atoms with Crippen LogP contribution in [0.15, 0.2) is 12.2 Å². The molecular formula is C43H83NO5. The van der Waals surface area contributed by atoms with Gasteiger partial charge in [0.2, 0.25) is 5.91 Å². The molecule has 0 aliphatic rings. The first kappa shape index (κ1) is 47.6. The van der Waals surface area contributed by atoms with Crippen LogP contribution in [0.25, 0.3) is 0 Å². The van der Waals surface area contributed by atoms with Gasteiger partial charge in [-0.15, -0.1) is 0 Å². The molecule has 0 rings (SSSR count). The van der Waals surface area contributed by atoms with Gasteiger partial charge in [0.1, 0.15) is 6.10 Å². The van der Waals surface area contributed by atoms with E-state index in [-0.39, 0.29) is 24.9 Å². The van der Waals surface area contributed by atoms with Gasteiger partial charge in [-0.05, 0) is 51.4 Å². The van der Waals surface area contributed by atoms with Crippen LogP contribution in [-0.4, -0.2) is 46.9 Å². The molecule has 0 aromatic heterocycles. The summed E-state index contributed by atoms with van der Waals surface area (Å²) in [6.45, 7) is 6.42. The molecule has 0 aliphatic heterocycles. The van der Waals surface area contributed by atoms with E-state index in [1.165, 1.54) is 122 Å². The van der Waals surface area contributed by atoms with E-state index in [9.17, 15) is 19.8 Å². The summed E-state index contributed by atoms with van der Waals surface area (Å²) >= 11 is 0. The zero-order valence-electron chi connectivity index (χ0n) is 32.8. The Morgan fingerprint density at radius 2 is 0.980 bits per heavy atom. The van der Waals surface area contributed by atoms with Crippen LogP contribution in [0.5, 0.6) is 0 Å². The fraction of sp³-hybridized carbons (Fsp3) is 0.907. The summed E-state index contributed by atoms with van der Waals surface area (Å²) in [6, 6.07) is -0.694. The number of aliphatic hydroxyl groups is 2. The lowest BCUT2D eigenvalue weighted by atomic mass is 10.0. The number of nitrogens with one attached hydrogen (secondary N) is 1. The SMILES string of the molecule is CCCCCCCC/C=C\CCCCCC(=O)OC(CCCCCCCCCC)CC(=O)NC(CO)C(O)CCCCCCCCCCC. The van der Waals surface area contributed by atoms with Gasteiger partial charge < -0.3 is 20.3 Å². The van der Waals surface area contributed by atoms with Gasteiger partial charge >= 0.3 is 5.97 Å². The van der Waals surface area contributed by atoms with Gasteiger partial charge in [0.25, 0.3) is 0 Å². The Balaban J connectivity index is 4.53. The largest absolute Gasteiger partial charge is 0.462 e. The molecule has 0 aromatic carbocycles. The zero-order chi connectivity index (χ0) is 36.0. The van der Waals surface area contributed by atoms with Crippen molar-refractivity contribution >= 4 is 11.9 Å². The third-order valence-electron chi connectivity index (χ3n) is 9.84. The zero-order valence-corrected chi connectivity index (χ0v) is 32.8. The molecule has 0 bridgehead atoms. The summed E-state index contributed by atoms with van der Waals surface area (Å²) in [4.78, 5) is 25.8. The van der Waals surface area contributed by atoms with Crippen molar-refractivity contribution in [2.45, 2.75) is 244 Å². The van der Waals surface area contributed by atoms with E-state index in [2.05, 4.69) is 38.2 Å². The van der Waals surface area contributed by atoms with Crippen molar-refractivity contribution in [3.05, 3.63) is 12.2 Å². The Morgan fingerprint density at radius 3 is 1.45 bits per heavy atom. The molecule has 0 aromatic rings. The third-order valence-corrected chi connectivity index (χ3v) is 9.84. The lowest BCUT2D eigenvalue weighted by Gasteiger charge is -2.24. The lowest BCUT2D eigenvalue weighted by molar-refractivity contribution is -0.151. The second-order valence-corrected chi connectivity index (χ2v) is 14.7. The fourth-order valence-corrected chi connectivity index (χ4v) is 6.54. The second kappa shape index (κ2) is 37.8. The molecule has 49 heavy (non-hydrogen) atoms. The average molecular weight is 694 g/mol. The number of esters is 1. The summed E-state index contributed by atoms with van der Waals surface area (Å²) in [7, 11) is 0. The highest BCUT2D eigenvalue weighted by Gasteiger charge is 2.24. The molecule has 1 amide bonds. The lowest BCUT2D eigenvalue weighted by Crippen LogP contribution is -2.46. The topological polar surface area (TPSA) is 95.9 Å². The van der Waals surface area contributed by atoms with Crippen LogP contribution < -0.4 is 5.32 Å². The van der Waals surface area contributed by atoms with E-state index in [1.807, 2.05) is 0 Å². The van der Waals surface area contributed by atoms with Crippen molar-refractivity contribution in [2.24, 2.45) is 0 Å². The number of ether oxygens (including phenoxy) is 1. The van der Waals surface area contributed by atoms with E-state index in [0.29, 0.717) is 19.3 Å². The highest BCUT2D eigenvalue weighted by Crippen LogP contribution is 2.17. The quantitative estimate of drug-likeness (QED) is 0.0340. The number of allylic oxidation sites excluding steroid dienone is 2. The number of carbonyl (C=O) groups excluding carboxylic acids is 2. The standard InChI is InChI=1S/C43H83NO5/c1-4-7-10-13-16-19-20-21-22-24-27-30-33-36-43(48)49-39(34-31-28-25-18-15-12-9-6-3)37-42(47)44-40(38-45)41(46)35-32-29-26-23-17-14-11-8-5-2/h21-22,39-41,45-46H,4-20,23-38H2,1-3H3,(H,44,47)/b22-21-. The first-order valence-corrected chi connectivity index (χ1v) is 21.4. The molecule has 0 radical (unpaired) electrons. The van der Waals surface area contributed by atoms with Crippen LogP contribution in [0.1, 0.15) is 226 Å². The van der Waals surface area contributed by atoms with Crippen LogP contribution in [-0.2, 0) is 14.3 Å². The van der Waals surface area contributed by atoms with Crippen molar-refractivity contribution < 1.29 is 24.5 Å². The number of amides is 1. The van der Waals surface area contributed by atoms with E-state index >= 15 is 0 Å². The van der Waals surface area contributed by atoms with Crippen molar-refractivity contribution in [1.82, 2.24) is 5.32 Å². The molecule has 0 fully saturated rings. The van der Waals surface area contributed by atoms with Crippen LogP contribution in [0.2, 0.25) is 0 Å². The molecule has 6 heteroatoms. The summed E-state index contributed by atoms with van der Waals surface area (Å²) < 4.78 is 5.86. The van der Waals surface area contributed by atoms with Crippen molar-refractivity contribution in [3.8, 4) is 0 Å². The summed E-state index contributed by atoms with van der Waals surface area (Å²) in [5, 5.41) is 23.5. The van der Waals surface area contributed by atoms with Crippen LogP contribution in [0.4, 0.5) is 0 Å². The Morgan fingerprint density at radius 1 is 0.571 bits per heavy atom. The fourth-order valence-electron chi connectivity index (χ4n) is 6.54. The molecule has 0 aliphatic carbocycles. The first-order chi connectivity index (χ1) is 24.0. The molecular weight excluding hydrogens is 610 g/mol. The number of aliphatic hydroxyl groups excluding tert-OH is 2. The predicted octanol–water partition coefficient (Wildman–Crippen LogP) is 11.8. The average Bonchev–Trinajstić information content (AvgIpc) is 3.09. The summed E-state index contributed by atoms with van der Waals surface area (Å²) in [5.41, 5.74) is 0. The monoisotopic (exact) mass is 694 g/mol. The number of unbranched alkanes of at least 4 members (excludes halogenated alkanes) is 24. The Labute approximate surface area is 304 Å². The highest BCUT2D eigenvalue weighted by atomic mass is 16.5. The maximum Gasteiger partial charge on any atom is 0.306 e. The molecule has 3 unspecified atom stereocenters. The van der Waals surface area contributed by atoms with Gasteiger partial charge in [-0.3, -0.25) is 9.59 Å². The van der Waals surface area contributed by atoms with Gasteiger partial charge in [-0.25, -0.2) is 0 Å². The van der Waals surface area contributed by atoms with Crippen molar-refractivity contribution in [1.29, 1.82) is 0 Å². The third kappa shape index (κ3) is 33.5. The van der Waals surface area contributed by atoms with Crippen LogP contribution >= 0.6 is 0 Å². The molecule has 0 saturated heterocycles. The Kier molecular flexibility index (Phi) is 36.8. The smallest absolute Gasteiger partial charge is 0.306 e. The second-order valence-electron chi connectivity index (χ2n) is 14.7. The van der Waals surface area contributed by atoms with E-state index in [0.717, 1.165) is 57.8 Å². The highest BCUT2D eigenvalue weighted by molar-refractivity contribution is 5.77. The molecule has 290 valence electrons. The van der Waals surface area contributed by atoms with Gasteiger partial charge in [0.05, 0.1) is 25.2 Å². The van der Waals surface area contributed by atoms with Crippen LogP contribution in [0, 0.1) is 0 Å². The molecule has 3 atom stereocenters. The molecule has 3 N–H and O–H groups in total. The summed E-state index contributed by atoms with van der Waals surface area (Å²) in [5.74, 6) is -0.490. The normalized spacial score (nSPS) is 13.5. The van der Waals surface area contributed by atoms with E-state index < -0.39 is 18.2 Å². The van der Waals surface area contributed by atoms with Crippen molar-refractivity contribution in [3.63, 3.8) is 0 Å². The number of hydrogen-bond donors (Lipinski definition) is 3. The maximum absolute atomic E-state index is 13.0. The molecule has 0 heterocycles. The number of carbonyl (C=O) groups is 2. The Bertz CT molecular complexity index is 742. The van der Waals surface area contributed by atoms with E-state index in [1.54, 1.807) is 0 Å². The van der Waals surface area contributed by atoms with Crippen LogP contribution in [0.3, 0.4) is 0 Å². The van der Waals surface area contributed by atoms with Gasteiger partial charge in [0, 0.05) is 6.42 Å². The van der Waals surface area contributed by atoms with E-state index in [4.69, 9.17) is 4.74 Å². The predicted molar refractivity (Wildman–Crippen MR) is 209 cm³/mol. The number of hydrogen-bond acceptors (Lipinski definition) is 5. The minimum atomic E-state index is -0.780. The first-order valence-electron chi connectivity index (χ1n) is 21.4. The molecule has 6 nitrogen and oxygen atoms in total. The van der Waals surface area contributed by atoms with Crippen molar-refractivity contribution in [2.75, 3.05) is 6.61 Å². The maximum atomic E-state index is 13.0. The van der Waals surface area contributed by atoms with Gasteiger partial charge in [-0.2, -0.15) is 0 Å². The Hall–Kier alpha value is -1.40. The molecule has 0 saturated carbocycles.